The molecule has 10 nitrogen and oxygen atoms in total. The molecule has 5 aromatic rings. The lowest BCUT2D eigenvalue weighted by Gasteiger charge is -2.22. The highest BCUT2D eigenvalue weighted by atomic mass is 35.5. The standard InChI is InChI=1S/C49H44Cl6N2O8/c1-56(28-30-9-5-3-6-10-30)44(58)22-35(32-13-16-38(50)41(53)19-32)24-46(60)64-48(62)26-37(34-15-18-40(52)43(55)21-34)27-49(63)65-47(61)25-36(33-14-17-39(51)42(54)20-33)23-45(59)57(2)29-31-11-7-4-8-12-31/h3-21,35-37H,22-29H2,1-2H3. The van der Waals surface area contributed by atoms with Gasteiger partial charge in [-0.05, 0) is 64.2 Å². The molecule has 0 radical (unpaired) electrons. The highest BCUT2D eigenvalue weighted by Gasteiger charge is 2.29. The molecule has 0 aliphatic heterocycles. The highest BCUT2D eigenvalue weighted by Crippen LogP contribution is 2.35. The highest BCUT2D eigenvalue weighted by molar-refractivity contribution is 6.43. The van der Waals surface area contributed by atoms with Crippen LogP contribution in [0, 0.1) is 0 Å². The number of hydrogen-bond acceptors (Lipinski definition) is 8. The monoisotopic (exact) mass is 998 g/mol. The average Bonchev–Trinajstić information content (AvgIpc) is 3.26. The molecule has 0 spiro atoms. The molecule has 0 saturated carbocycles. The fourth-order valence-electron chi connectivity index (χ4n) is 7.07. The molecule has 0 aliphatic rings. The normalized spacial score (nSPS) is 12.4. The van der Waals surface area contributed by atoms with Gasteiger partial charge in [0.05, 0.1) is 55.8 Å². The maximum atomic E-state index is 13.5. The van der Waals surface area contributed by atoms with Crippen molar-refractivity contribution in [2.75, 3.05) is 14.1 Å². The number of benzene rings is 5. The van der Waals surface area contributed by atoms with E-state index >= 15 is 0 Å². The van der Waals surface area contributed by atoms with Crippen molar-refractivity contribution in [3.8, 4) is 0 Å². The van der Waals surface area contributed by atoms with E-state index in [1.165, 1.54) is 21.9 Å². The number of carbonyl (C=O) groups excluding carboxylic acids is 6. The van der Waals surface area contributed by atoms with Gasteiger partial charge in [0.2, 0.25) is 11.8 Å². The topological polar surface area (TPSA) is 127 Å². The molecule has 5 rings (SSSR count). The van der Waals surface area contributed by atoms with Crippen molar-refractivity contribution < 1.29 is 38.2 Å². The van der Waals surface area contributed by atoms with Crippen molar-refractivity contribution in [1.29, 1.82) is 0 Å². The quantitative estimate of drug-likeness (QED) is 0.0591. The van der Waals surface area contributed by atoms with Gasteiger partial charge < -0.3 is 19.3 Å². The third-order valence-corrected chi connectivity index (χ3v) is 12.8. The third-order valence-electron chi connectivity index (χ3n) is 10.6. The van der Waals surface area contributed by atoms with Crippen molar-refractivity contribution >= 4 is 105 Å². The van der Waals surface area contributed by atoms with Gasteiger partial charge >= 0.3 is 23.9 Å². The number of amides is 2. The summed E-state index contributed by atoms with van der Waals surface area (Å²) in [6, 6.07) is 32.7. The van der Waals surface area contributed by atoms with E-state index in [0.717, 1.165) is 11.1 Å². The van der Waals surface area contributed by atoms with Crippen molar-refractivity contribution in [1.82, 2.24) is 9.80 Å². The first kappa shape index (κ1) is 51.1. The summed E-state index contributed by atoms with van der Waals surface area (Å²) >= 11 is 37.4. The van der Waals surface area contributed by atoms with E-state index in [1.807, 2.05) is 60.7 Å². The summed E-state index contributed by atoms with van der Waals surface area (Å²) in [6.45, 7) is 0.649. The van der Waals surface area contributed by atoms with Gasteiger partial charge in [0, 0.05) is 57.8 Å². The summed E-state index contributed by atoms with van der Waals surface area (Å²) < 4.78 is 10.6. The summed E-state index contributed by atoms with van der Waals surface area (Å²) in [6.07, 6.45) is -2.05. The Morgan fingerprint density at radius 1 is 0.400 bits per heavy atom. The Morgan fingerprint density at radius 3 is 0.954 bits per heavy atom. The Labute approximate surface area is 407 Å². The second kappa shape index (κ2) is 24.5. The van der Waals surface area contributed by atoms with Crippen LogP contribution in [-0.4, -0.2) is 59.6 Å². The van der Waals surface area contributed by atoms with Crippen LogP contribution in [0.15, 0.2) is 115 Å². The van der Waals surface area contributed by atoms with Crippen LogP contribution in [-0.2, 0) is 51.3 Å². The Morgan fingerprint density at radius 2 is 0.677 bits per heavy atom. The van der Waals surface area contributed by atoms with E-state index in [0.29, 0.717) is 29.8 Å². The predicted octanol–water partition coefficient (Wildman–Crippen LogP) is 12.1. The van der Waals surface area contributed by atoms with E-state index in [2.05, 4.69) is 0 Å². The molecular weight excluding hydrogens is 957 g/mol. The van der Waals surface area contributed by atoms with Gasteiger partial charge in [-0.2, -0.15) is 0 Å². The minimum Gasteiger partial charge on any atom is -0.393 e. The van der Waals surface area contributed by atoms with Gasteiger partial charge in [-0.1, -0.05) is 148 Å². The Balaban J connectivity index is 1.27. The second-order valence-corrected chi connectivity index (χ2v) is 17.9. The predicted molar refractivity (Wildman–Crippen MR) is 253 cm³/mol. The Hall–Kier alpha value is -4.94. The van der Waals surface area contributed by atoms with E-state index in [9.17, 15) is 28.8 Å². The van der Waals surface area contributed by atoms with Gasteiger partial charge in [0.15, 0.2) is 0 Å². The summed E-state index contributed by atoms with van der Waals surface area (Å²) in [5, 5.41) is 1.31. The van der Waals surface area contributed by atoms with Crippen molar-refractivity contribution in [2.24, 2.45) is 0 Å². The Kier molecular flexibility index (Phi) is 19.3. The third kappa shape index (κ3) is 15.9. The van der Waals surface area contributed by atoms with Crippen LogP contribution in [0.25, 0.3) is 0 Å². The van der Waals surface area contributed by atoms with Crippen LogP contribution in [0.4, 0.5) is 0 Å². The van der Waals surface area contributed by atoms with Gasteiger partial charge in [-0.3, -0.25) is 28.8 Å². The molecule has 2 atom stereocenters. The minimum absolute atomic E-state index is 0.124. The zero-order chi connectivity index (χ0) is 47.2. The molecule has 0 aromatic heterocycles. The van der Waals surface area contributed by atoms with Crippen molar-refractivity contribution in [2.45, 2.75) is 69.4 Å². The van der Waals surface area contributed by atoms with Crippen LogP contribution in [0.1, 0.15) is 84.1 Å². The van der Waals surface area contributed by atoms with Gasteiger partial charge in [-0.25, -0.2) is 0 Å². The lowest BCUT2D eigenvalue weighted by Crippen LogP contribution is -2.28. The number of hydrogen-bond donors (Lipinski definition) is 0. The zero-order valence-corrected chi connectivity index (χ0v) is 39.8. The molecular formula is C49H44Cl6N2O8. The molecule has 0 aliphatic carbocycles. The number of nitrogens with zero attached hydrogens (tertiary/aromatic N) is 2. The maximum Gasteiger partial charge on any atom is 0.314 e. The molecule has 65 heavy (non-hydrogen) atoms. The summed E-state index contributed by atoms with van der Waals surface area (Å²) in [5.41, 5.74) is 3.24. The van der Waals surface area contributed by atoms with E-state index in [1.54, 1.807) is 56.6 Å². The molecule has 2 amide bonds. The lowest BCUT2D eigenvalue weighted by molar-refractivity contribution is -0.160. The number of halogens is 6. The van der Waals surface area contributed by atoms with Crippen molar-refractivity contribution in [3.05, 3.63) is 173 Å². The molecule has 2 unspecified atom stereocenters. The molecule has 0 N–H and O–H groups in total. The van der Waals surface area contributed by atoms with E-state index < -0.39 is 54.5 Å². The summed E-state index contributed by atoms with van der Waals surface area (Å²) in [7, 11) is 3.29. The summed E-state index contributed by atoms with van der Waals surface area (Å²) in [5.74, 6) is -6.93. The molecule has 0 heterocycles. The molecule has 5 aromatic carbocycles. The smallest absolute Gasteiger partial charge is 0.314 e. The van der Waals surface area contributed by atoms with E-state index in [4.69, 9.17) is 79.1 Å². The fraction of sp³-hybridized carbons (Fsp3) is 0.265. The SMILES string of the molecule is CN(Cc1ccccc1)C(=O)CC(CC(=O)OC(=O)CC(CC(=O)OC(=O)CC(CC(=O)N(C)Cc1ccccc1)c1ccc(Cl)c(Cl)c1)c1ccc(Cl)c(Cl)c1)c1ccc(Cl)c(Cl)c1. The van der Waals surface area contributed by atoms with Crippen LogP contribution in [0.2, 0.25) is 30.1 Å². The first-order chi connectivity index (χ1) is 30.9. The van der Waals surface area contributed by atoms with Gasteiger partial charge in [0.1, 0.15) is 0 Å². The first-order valence-corrected chi connectivity index (χ1v) is 22.6. The molecule has 0 saturated heterocycles. The number of rotatable bonds is 19. The minimum atomic E-state index is -0.997. The second-order valence-electron chi connectivity index (χ2n) is 15.5. The molecule has 340 valence electrons. The maximum absolute atomic E-state index is 13.5. The van der Waals surface area contributed by atoms with Gasteiger partial charge in [0.25, 0.3) is 0 Å². The van der Waals surface area contributed by atoms with Gasteiger partial charge in [-0.15, -0.1) is 0 Å². The zero-order valence-electron chi connectivity index (χ0n) is 35.3. The first-order valence-electron chi connectivity index (χ1n) is 20.3. The van der Waals surface area contributed by atoms with Crippen LogP contribution < -0.4 is 0 Å². The van der Waals surface area contributed by atoms with Crippen LogP contribution >= 0.6 is 69.6 Å². The fourth-order valence-corrected chi connectivity index (χ4v) is 7.99. The summed E-state index contributed by atoms with van der Waals surface area (Å²) in [4.78, 5) is 83.8. The largest absolute Gasteiger partial charge is 0.393 e. The van der Waals surface area contributed by atoms with Crippen LogP contribution in [0.3, 0.4) is 0 Å². The lowest BCUT2D eigenvalue weighted by atomic mass is 9.91. The van der Waals surface area contributed by atoms with E-state index in [-0.39, 0.29) is 67.6 Å². The Bertz CT molecular complexity index is 2360. The molecule has 16 heteroatoms. The molecule has 0 bridgehead atoms. The van der Waals surface area contributed by atoms with Crippen molar-refractivity contribution in [3.63, 3.8) is 0 Å². The number of carbonyl (C=O) groups is 6. The average molecular weight is 1000 g/mol. The number of esters is 4. The number of ether oxygens (including phenoxy) is 2. The van der Waals surface area contributed by atoms with Crippen LogP contribution in [0.5, 0.6) is 0 Å². The molecule has 0 fully saturated rings.